The largest absolute Gasteiger partial charge is 0.491 e. The maximum absolute atomic E-state index is 12.7. The molecule has 3 aromatic rings. The Morgan fingerprint density at radius 2 is 1.93 bits per heavy atom. The summed E-state index contributed by atoms with van der Waals surface area (Å²) in [7, 11) is -3.61. The highest BCUT2D eigenvalue weighted by molar-refractivity contribution is 7.89. The third-order valence-electron chi connectivity index (χ3n) is 4.20. The Labute approximate surface area is 166 Å². The molecule has 148 valence electrons. The second kappa shape index (κ2) is 8.58. The lowest BCUT2D eigenvalue weighted by molar-refractivity contribution is 0.240. The Balaban J connectivity index is 1.69. The first kappa shape index (κ1) is 20.1. The van der Waals surface area contributed by atoms with Crippen LogP contribution in [0.4, 0.5) is 0 Å². The predicted molar refractivity (Wildman–Crippen MR) is 109 cm³/mol. The molecule has 0 saturated carbocycles. The van der Waals surface area contributed by atoms with E-state index in [4.69, 9.17) is 4.74 Å². The van der Waals surface area contributed by atoms with E-state index in [1.807, 2.05) is 55.8 Å². The van der Waals surface area contributed by atoms with Crippen LogP contribution >= 0.6 is 0 Å². The molecule has 0 fully saturated rings. The molecule has 0 saturated heterocycles. The molecule has 1 heterocycles. The number of hydrogen-bond acceptors (Lipinski definition) is 4. The van der Waals surface area contributed by atoms with E-state index in [1.165, 1.54) is 0 Å². The minimum absolute atomic E-state index is 0.0360. The molecule has 7 heteroatoms. The fourth-order valence-corrected chi connectivity index (χ4v) is 3.97. The van der Waals surface area contributed by atoms with E-state index in [2.05, 4.69) is 9.71 Å². The predicted octanol–water partition coefficient (Wildman–Crippen LogP) is 3.51. The van der Waals surface area contributed by atoms with Crippen molar-refractivity contribution in [2.45, 2.75) is 44.9 Å². The highest BCUT2D eigenvalue weighted by Gasteiger charge is 2.16. The first-order valence-electron chi connectivity index (χ1n) is 9.14. The highest BCUT2D eigenvalue weighted by atomic mass is 32.2. The fraction of sp³-hybridized carbons (Fsp3) is 0.286. The average Bonchev–Trinajstić information content (AvgIpc) is 3.15. The smallest absolute Gasteiger partial charge is 0.240 e. The molecule has 0 amide bonds. The normalized spacial score (nSPS) is 11.7. The maximum Gasteiger partial charge on any atom is 0.240 e. The minimum Gasteiger partial charge on any atom is -0.491 e. The standard InChI is InChI=1S/C21H25N3O3S/c1-16(2)27-21-8-7-20(11-17(21)3)28(25,26)23-13-18-5-4-6-19(12-18)14-24-10-9-22-15-24/h4-12,15-16,23H,13-14H2,1-3H3. The molecular weight excluding hydrogens is 374 g/mol. The van der Waals surface area contributed by atoms with E-state index in [0.29, 0.717) is 12.3 Å². The van der Waals surface area contributed by atoms with Crippen LogP contribution in [0, 0.1) is 6.92 Å². The lowest BCUT2D eigenvalue weighted by atomic mass is 10.1. The summed E-state index contributed by atoms with van der Waals surface area (Å²) in [5.41, 5.74) is 2.78. The monoisotopic (exact) mass is 399 g/mol. The van der Waals surface area contributed by atoms with Gasteiger partial charge in [-0.3, -0.25) is 0 Å². The van der Waals surface area contributed by atoms with Crippen molar-refractivity contribution < 1.29 is 13.2 Å². The third kappa shape index (κ3) is 5.21. The molecule has 0 aliphatic heterocycles. The Morgan fingerprint density at radius 1 is 1.14 bits per heavy atom. The van der Waals surface area contributed by atoms with Crippen LogP contribution in [0.15, 0.2) is 66.1 Å². The lowest BCUT2D eigenvalue weighted by Crippen LogP contribution is -2.23. The molecular formula is C21H25N3O3S. The summed E-state index contributed by atoms with van der Waals surface area (Å²) in [6, 6.07) is 12.7. The number of sulfonamides is 1. The Hall–Kier alpha value is -2.64. The molecule has 0 atom stereocenters. The van der Waals surface area contributed by atoms with Gasteiger partial charge in [0.25, 0.3) is 0 Å². The van der Waals surface area contributed by atoms with Gasteiger partial charge in [-0.25, -0.2) is 18.1 Å². The summed E-state index contributed by atoms with van der Waals surface area (Å²) in [6.07, 6.45) is 5.42. The van der Waals surface area contributed by atoms with E-state index in [0.717, 1.165) is 16.7 Å². The van der Waals surface area contributed by atoms with Gasteiger partial charge in [0.05, 0.1) is 17.3 Å². The van der Waals surface area contributed by atoms with Crippen molar-refractivity contribution in [1.29, 1.82) is 0 Å². The topological polar surface area (TPSA) is 73.2 Å². The second-order valence-corrected chi connectivity index (χ2v) is 8.74. The van der Waals surface area contributed by atoms with Crippen LogP contribution in [0.2, 0.25) is 0 Å². The van der Waals surface area contributed by atoms with E-state index in [-0.39, 0.29) is 17.5 Å². The summed E-state index contributed by atoms with van der Waals surface area (Å²) in [6.45, 7) is 6.63. The van der Waals surface area contributed by atoms with Crippen molar-refractivity contribution in [3.63, 3.8) is 0 Å². The summed E-state index contributed by atoms with van der Waals surface area (Å²) in [5, 5.41) is 0. The van der Waals surface area contributed by atoms with Crippen molar-refractivity contribution in [3.05, 3.63) is 77.9 Å². The molecule has 2 aromatic carbocycles. The van der Waals surface area contributed by atoms with E-state index in [9.17, 15) is 8.42 Å². The van der Waals surface area contributed by atoms with Gasteiger partial charge >= 0.3 is 0 Å². The number of hydrogen-bond donors (Lipinski definition) is 1. The Morgan fingerprint density at radius 3 is 2.61 bits per heavy atom. The van der Waals surface area contributed by atoms with Crippen molar-refractivity contribution in [2.24, 2.45) is 0 Å². The van der Waals surface area contributed by atoms with Crippen LogP contribution < -0.4 is 9.46 Å². The number of benzene rings is 2. The van der Waals surface area contributed by atoms with Gasteiger partial charge in [-0.2, -0.15) is 0 Å². The van der Waals surface area contributed by atoms with Crippen LogP contribution in [0.25, 0.3) is 0 Å². The second-order valence-electron chi connectivity index (χ2n) is 6.97. The molecule has 0 spiro atoms. The number of aryl methyl sites for hydroxylation is 1. The molecule has 0 unspecified atom stereocenters. The lowest BCUT2D eigenvalue weighted by Gasteiger charge is -2.14. The molecule has 3 rings (SSSR count). The van der Waals surface area contributed by atoms with Crippen molar-refractivity contribution in [1.82, 2.24) is 14.3 Å². The van der Waals surface area contributed by atoms with Gasteiger partial charge in [-0.15, -0.1) is 0 Å². The molecule has 0 aliphatic rings. The van der Waals surface area contributed by atoms with Crippen LogP contribution in [0.1, 0.15) is 30.5 Å². The van der Waals surface area contributed by atoms with E-state index >= 15 is 0 Å². The van der Waals surface area contributed by atoms with Gasteiger partial charge in [0.1, 0.15) is 5.75 Å². The van der Waals surface area contributed by atoms with Gasteiger partial charge in [0.15, 0.2) is 0 Å². The number of nitrogens with one attached hydrogen (secondary N) is 1. The number of nitrogens with zero attached hydrogens (tertiary/aromatic N) is 2. The quantitative estimate of drug-likeness (QED) is 0.629. The molecule has 0 radical (unpaired) electrons. The van der Waals surface area contributed by atoms with Gasteiger partial charge < -0.3 is 9.30 Å². The third-order valence-corrected chi connectivity index (χ3v) is 5.60. The zero-order valence-corrected chi connectivity index (χ0v) is 17.1. The summed E-state index contributed by atoms with van der Waals surface area (Å²) in [4.78, 5) is 4.27. The van der Waals surface area contributed by atoms with E-state index in [1.54, 1.807) is 30.7 Å². The van der Waals surface area contributed by atoms with Crippen LogP contribution in [-0.2, 0) is 23.1 Å². The number of imidazole rings is 1. The van der Waals surface area contributed by atoms with Crippen LogP contribution in [0.3, 0.4) is 0 Å². The van der Waals surface area contributed by atoms with Gasteiger partial charge in [-0.05, 0) is 55.7 Å². The molecule has 28 heavy (non-hydrogen) atoms. The summed E-state index contributed by atoms with van der Waals surface area (Å²) < 4.78 is 35.7. The minimum atomic E-state index is -3.61. The van der Waals surface area contributed by atoms with E-state index < -0.39 is 10.0 Å². The first-order valence-corrected chi connectivity index (χ1v) is 10.6. The highest BCUT2D eigenvalue weighted by Crippen LogP contribution is 2.23. The average molecular weight is 400 g/mol. The van der Waals surface area contributed by atoms with Gasteiger partial charge in [0, 0.05) is 25.5 Å². The Kier molecular flexibility index (Phi) is 6.16. The Bertz CT molecular complexity index is 1030. The first-order chi connectivity index (χ1) is 13.3. The summed E-state index contributed by atoms with van der Waals surface area (Å²) >= 11 is 0. The number of rotatable bonds is 8. The zero-order valence-electron chi connectivity index (χ0n) is 16.3. The van der Waals surface area contributed by atoms with Crippen molar-refractivity contribution >= 4 is 10.0 Å². The summed E-state index contributed by atoms with van der Waals surface area (Å²) in [5.74, 6) is 0.696. The SMILES string of the molecule is Cc1cc(S(=O)(=O)NCc2cccc(Cn3ccnc3)c2)ccc1OC(C)C. The number of aromatic nitrogens is 2. The van der Waals surface area contributed by atoms with Gasteiger partial charge in [-0.1, -0.05) is 24.3 Å². The van der Waals surface area contributed by atoms with Crippen LogP contribution in [0.5, 0.6) is 5.75 Å². The molecule has 6 nitrogen and oxygen atoms in total. The van der Waals surface area contributed by atoms with Crippen molar-refractivity contribution in [3.8, 4) is 5.75 Å². The fourth-order valence-electron chi connectivity index (χ4n) is 2.87. The van der Waals surface area contributed by atoms with Gasteiger partial charge in [0.2, 0.25) is 10.0 Å². The molecule has 0 aliphatic carbocycles. The van der Waals surface area contributed by atoms with Crippen LogP contribution in [-0.4, -0.2) is 24.1 Å². The zero-order chi connectivity index (χ0) is 20.1. The molecule has 0 bridgehead atoms. The van der Waals surface area contributed by atoms with Crippen molar-refractivity contribution in [2.75, 3.05) is 0 Å². The number of ether oxygens (including phenoxy) is 1. The molecule has 1 aromatic heterocycles. The molecule has 1 N–H and O–H groups in total. The maximum atomic E-state index is 12.7.